The number of nitrogens with zero attached hydrogens (tertiary/aromatic N) is 1. The molecule has 0 bridgehead atoms. The largest absolute Gasteiger partial charge is 0.468 e. The van der Waals surface area contributed by atoms with Gasteiger partial charge in [-0.1, -0.05) is 19.8 Å². The summed E-state index contributed by atoms with van der Waals surface area (Å²) in [7, 11) is 5.49. The lowest BCUT2D eigenvalue weighted by atomic mass is 10.1. The van der Waals surface area contributed by atoms with Gasteiger partial charge < -0.3 is 15.0 Å². The Balaban J connectivity index is 4.13. The molecule has 2 atom stereocenters. The molecule has 4 heteroatoms. The number of methoxy groups -OCH3 is 1. The van der Waals surface area contributed by atoms with Crippen LogP contribution in [0.3, 0.4) is 0 Å². The summed E-state index contributed by atoms with van der Waals surface area (Å²) >= 11 is 0. The molecule has 0 amide bonds. The van der Waals surface area contributed by atoms with Crippen molar-refractivity contribution in [2.24, 2.45) is 0 Å². The summed E-state index contributed by atoms with van der Waals surface area (Å²) < 4.78 is 4.80. The van der Waals surface area contributed by atoms with Crippen molar-refractivity contribution in [2.75, 3.05) is 27.7 Å². The molecule has 0 saturated carbocycles. The van der Waals surface area contributed by atoms with Crippen LogP contribution >= 0.6 is 0 Å². The number of nitrogens with one attached hydrogen (secondary N) is 1. The standard InChI is InChI=1S/C12H26N2O2/c1-6-7-8-11(12(15)16-5)13-10(2)9-14(3)4/h10-11,13H,6-9H2,1-5H3. The van der Waals surface area contributed by atoms with E-state index in [0.717, 1.165) is 25.8 Å². The van der Waals surface area contributed by atoms with Gasteiger partial charge >= 0.3 is 5.97 Å². The van der Waals surface area contributed by atoms with Crippen LogP contribution in [0.2, 0.25) is 0 Å². The third-order valence-electron chi connectivity index (χ3n) is 2.46. The lowest BCUT2D eigenvalue weighted by Gasteiger charge is -2.23. The van der Waals surface area contributed by atoms with E-state index >= 15 is 0 Å². The lowest BCUT2D eigenvalue weighted by molar-refractivity contribution is -0.143. The van der Waals surface area contributed by atoms with E-state index < -0.39 is 0 Å². The first-order chi connectivity index (χ1) is 7.51. The summed E-state index contributed by atoms with van der Waals surface area (Å²) in [6, 6.07) is 0.121. The van der Waals surface area contributed by atoms with Crippen molar-refractivity contribution in [3.05, 3.63) is 0 Å². The van der Waals surface area contributed by atoms with Crippen LogP contribution in [0, 0.1) is 0 Å². The molecule has 0 radical (unpaired) electrons. The number of esters is 1. The highest BCUT2D eigenvalue weighted by Crippen LogP contribution is 2.04. The maximum absolute atomic E-state index is 11.5. The molecule has 0 saturated heterocycles. The average molecular weight is 230 g/mol. The van der Waals surface area contributed by atoms with E-state index in [1.807, 2.05) is 14.1 Å². The maximum atomic E-state index is 11.5. The molecule has 1 N–H and O–H groups in total. The van der Waals surface area contributed by atoms with Gasteiger partial charge in [0.2, 0.25) is 0 Å². The summed E-state index contributed by atoms with van der Waals surface area (Å²) in [5, 5.41) is 3.32. The Morgan fingerprint density at radius 2 is 2.06 bits per heavy atom. The van der Waals surface area contributed by atoms with Gasteiger partial charge in [0.25, 0.3) is 0 Å². The van der Waals surface area contributed by atoms with Crippen LogP contribution in [0.4, 0.5) is 0 Å². The molecule has 0 aliphatic heterocycles. The Bertz CT molecular complexity index is 195. The minimum absolute atomic E-state index is 0.154. The predicted molar refractivity (Wildman–Crippen MR) is 66.5 cm³/mol. The predicted octanol–water partition coefficient (Wildman–Crippen LogP) is 1.26. The number of hydrogen-bond donors (Lipinski definition) is 1. The number of unbranched alkanes of at least 4 members (excludes halogenated alkanes) is 1. The van der Waals surface area contributed by atoms with Gasteiger partial charge in [0.15, 0.2) is 0 Å². The van der Waals surface area contributed by atoms with Crippen LogP contribution in [0.1, 0.15) is 33.1 Å². The molecule has 16 heavy (non-hydrogen) atoms. The third-order valence-corrected chi connectivity index (χ3v) is 2.46. The zero-order valence-corrected chi connectivity index (χ0v) is 11.2. The minimum atomic E-state index is -0.167. The first-order valence-corrected chi connectivity index (χ1v) is 5.99. The zero-order valence-electron chi connectivity index (χ0n) is 11.2. The monoisotopic (exact) mass is 230 g/mol. The van der Waals surface area contributed by atoms with Gasteiger partial charge in [0.05, 0.1) is 7.11 Å². The Morgan fingerprint density at radius 3 is 2.50 bits per heavy atom. The number of hydrogen-bond acceptors (Lipinski definition) is 4. The van der Waals surface area contributed by atoms with Crippen molar-refractivity contribution in [1.29, 1.82) is 0 Å². The van der Waals surface area contributed by atoms with Crippen molar-refractivity contribution >= 4 is 5.97 Å². The molecule has 96 valence electrons. The van der Waals surface area contributed by atoms with Crippen LogP contribution < -0.4 is 5.32 Å². The molecular weight excluding hydrogens is 204 g/mol. The molecule has 0 spiro atoms. The van der Waals surface area contributed by atoms with Crippen molar-refractivity contribution in [3.8, 4) is 0 Å². The van der Waals surface area contributed by atoms with Gasteiger partial charge in [-0.25, -0.2) is 0 Å². The van der Waals surface area contributed by atoms with Crippen LogP contribution in [0.25, 0.3) is 0 Å². The highest BCUT2D eigenvalue weighted by molar-refractivity contribution is 5.75. The van der Waals surface area contributed by atoms with Gasteiger partial charge in [0, 0.05) is 12.6 Å². The number of likely N-dealkylation sites (N-methyl/N-ethyl adjacent to an activating group) is 1. The number of carbonyl (C=O) groups excluding carboxylic acids is 1. The number of ether oxygens (including phenoxy) is 1. The van der Waals surface area contributed by atoms with Gasteiger partial charge in [-0.15, -0.1) is 0 Å². The van der Waals surface area contributed by atoms with Crippen molar-refractivity contribution in [2.45, 2.75) is 45.2 Å². The highest BCUT2D eigenvalue weighted by Gasteiger charge is 2.20. The van der Waals surface area contributed by atoms with E-state index in [1.54, 1.807) is 0 Å². The van der Waals surface area contributed by atoms with E-state index in [2.05, 4.69) is 24.1 Å². The molecule has 4 nitrogen and oxygen atoms in total. The van der Waals surface area contributed by atoms with Crippen molar-refractivity contribution < 1.29 is 9.53 Å². The molecule has 0 aromatic heterocycles. The second-order valence-electron chi connectivity index (χ2n) is 4.55. The molecule has 0 heterocycles. The van der Waals surface area contributed by atoms with E-state index in [1.165, 1.54) is 7.11 Å². The second kappa shape index (κ2) is 8.53. The summed E-state index contributed by atoms with van der Waals surface area (Å²) in [5.41, 5.74) is 0. The van der Waals surface area contributed by atoms with Gasteiger partial charge in [0.1, 0.15) is 6.04 Å². The van der Waals surface area contributed by atoms with E-state index in [0.29, 0.717) is 0 Å². The Labute approximate surface area is 99.3 Å². The van der Waals surface area contributed by atoms with Gasteiger partial charge in [-0.2, -0.15) is 0 Å². The summed E-state index contributed by atoms with van der Waals surface area (Å²) in [5.74, 6) is -0.154. The maximum Gasteiger partial charge on any atom is 0.322 e. The molecular formula is C12H26N2O2. The Morgan fingerprint density at radius 1 is 1.44 bits per heavy atom. The summed E-state index contributed by atoms with van der Waals surface area (Å²) in [6.45, 7) is 5.12. The normalized spacial score (nSPS) is 14.9. The molecule has 0 aromatic carbocycles. The molecule has 2 unspecified atom stereocenters. The van der Waals surface area contributed by atoms with Crippen molar-refractivity contribution in [3.63, 3.8) is 0 Å². The molecule has 0 aromatic rings. The SMILES string of the molecule is CCCCC(NC(C)CN(C)C)C(=O)OC. The molecule has 0 fully saturated rings. The fraction of sp³-hybridized carbons (Fsp3) is 0.917. The van der Waals surface area contributed by atoms with Crippen LogP contribution in [-0.4, -0.2) is 50.7 Å². The molecule has 0 rings (SSSR count). The van der Waals surface area contributed by atoms with E-state index in [-0.39, 0.29) is 18.1 Å². The van der Waals surface area contributed by atoms with E-state index in [4.69, 9.17) is 4.74 Å². The van der Waals surface area contributed by atoms with E-state index in [9.17, 15) is 4.79 Å². The van der Waals surface area contributed by atoms with Crippen molar-refractivity contribution in [1.82, 2.24) is 10.2 Å². The fourth-order valence-electron chi connectivity index (χ4n) is 1.76. The number of rotatable bonds is 8. The fourth-order valence-corrected chi connectivity index (χ4v) is 1.76. The van der Waals surface area contributed by atoms with Gasteiger partial charge in [-0.3, -0.25) is 4.79 Å². The first kappa shape index (κ1) is 15.4. The van der Waals surface area contributed by atoms with Gasteiger partial charge in [-0.05, 0) is 27.4 Å². The second-order valence-corrected chi connectivity index (χ2v) is 4.55. The molecule has 0 aliphatic carbocycles. The highest BCUT2D eigenvalue weighted by atomic mass is 16.5. The topological polar surface area (TPSA) is 41.6 Å². The smallest absolute Gasteiger partial charge is 0.322 e. The van der Waals surface area contributed by atoms with Crippen LogP contribution in [0.15, 0.2) is 0 Å². The Hall–Kier alpha value is -0.610. The van der Waals surface area contributed by atoms with Crippen LogP contribution in [0.5, 0.6) is 0 Å². The van der Waals surface area contributed by atoms with Crippen LogP contribution in [-0.2, 0) is 9.53 Å². The minimum Gasteiger partial charge on any atom is -0.468 e. The number of carbonyl (C=O) groups is 1. The third kappa shape index (κ3) is 6.80. The summed E-state index contributed by atoms with van der Waals surface area (Å²) in [4.78, 5) is 13.6. The Kier molecular flexibility index (Phi) is 8.21. The first-order valence-electron chi connectivity index (χ1n) is 5.99. The zero-order chi connectivity index (χ0) is 12.6. The molecule has 0 aliphatic rings. The quantitative estimate of drug-likeness (QED) is 0.637. The average Bonchev–Trinajstić information content (AvgIpc) is 2.21. The summed E-state index contributed by atoms with van der Waals surface area (Å²) in [6.07, 6.45) is 2.99. The lowest BCUT2D eigenvalue weighted by Crippen LogP contribution is -2.46.